The molecule has 2 aromatic carbocycles. The molecule has 4 heteroatoms. The van der Waals surface area contributed by atoms with E-state index < -0.39 is 0 Å². The van der Waals surface area contributed by atoms with Gasteiger partial charge in [-0.25, -0.2) is 0 Å². The van der Waals surface area contributed by atoms with E-state index in [1.807, 2.05) is 0 Å². The van der Waals surface area contributed by atoms with Gasteiger partial charge in [0.1, 0.15) is 0 Å². The summed E-state index contributed by atoms with van der Waals surface area (Å²) in [5, 5.41) is 0. The van der Waals surface area contributed by atoms with Gasteiger partial charge in [-0.05, 0) is 48.2 Å². The molecular weight excluding hydrogens is 302 g/mol. The van der Waals surface area contributed by atoms with Gasteiger partial charge in [0.05, 0.1) is 21.3 Å². The van der Waals surface area contributed by atoms with Crippen LogP contribution >= 0.6 is 0 Å². The first-order valence-corrected chi connectivity index (χ1v) is 8.33. The second kappa shape index (κ2) is 5.71. The summed E-state index contributed by atoms with van der Waals surface area (Å²) in [6.07, 6.45) is 2.06. The minimum Gasteiger partial charge on any atom is -0.493 e. The Morgan fingerprint density at radius 3 is 2.50 bits per heavy atom. The van der Waals surface area contributed by atoms with Gasteiger partial charge in [-0.1, -0.05) is 18.2 Å². The Morgan fingerprint density at radius 1 is 1.00 bits per heavy atom. The van der Waals surface area contributed by atoms with Crippen molar-refractivity contribution in [1.29, 1.82) is 0 Å². The van der Waals surface area contributed by atoms with E-state index in [-0.39, 0.29) is 0 Å². The molecule has 24 heavy (non-hydrogen) atoms. The largest absolute Gasteiger partial charge is 0.493 e. The SMILES string of the molecule is COc1cc2c(c(OC)c1OC)-c1cccc3c1[C@@H](C2)N(C)CC3. The number of ether oxygens (including phenoxy) is 3. The Hall–Kier alpha value is -2.20. The number of nitrogens with zero attached hydrogens (tertiary/aromatic N) is 1. The zero-order chi connectivity index (χ0) is 16.8. The fraction of sp³-hybridized carbons (Fsp3) is 0.400. The van der Waals surface area contributed by atoms with E-state index in [2.05, 4.69) is 36.2 Å². The molecule has 0 N–H and O–H groups in total. The van der Waals surface area contributed by atoms with Crippen LogP contribution < -0.4 is 14.2 Å². The molecule has 0 amide bonds. The summed E-state index contributed by atoms with van der Waals surface area (Å²) in [6.45, 7) is 1.10. The zero-order valence-corrected chi connectivity index (χ0v) is 14.7. The van der Waals surface area contributed by atoms with E-state index in [1.54, 1.807) is 21.3 Å². The summed E-state index contributed by atoms with van der Waals surface area (Å²) in [5.74, 6) is 2.16. The molecule has 2 aliphatic rings. The van der Waals surface area contributed by atoms with Crippen LogP contribution in [0.4, 0.5) is 0 Å². The molecule has 4 rings (SSSR count). The molecule has 1 atom stereocenters. The summed E-state index contributed by atoms with van der Waals surface area (Å²) < 4.78 is 16.9. The Balaban J connectivity index is 2.04. The molecule has 0 radical (unpaired) electrons. The highest BCUT2D eigenvalue weighted by Crippen LogP contribution is 2.53. The summed E-state index contributed by atoms with van der Waals surface area (Å²) in [4.78, 5) is 2.46. The molecule has 0 bridgehead atoms. The first-order valence-electron chi connectivity index (χ1n) is 8.33. The third kappa shape index (κ3) is 2.02. The lowest BCUT2D eigenvalue weighted by atomic mass is 9.77. The van der Waals surface area contributed by atoms with Gasteiger partial charge in [0.2, 0.25) is 5.75 Å². The third-order valence-electron chi connectivity index (χ3n) is 5.39. The molecule has 2 aromatic rings. The normalized spacial score (nSPS) is 18.6. The lowest BCUT2D eigenvalue weighted by molar-refractivity contribution is 0.227. The van der Waals surface area contributed by atoms with Gasteiger partial charge >= 0.3 is 0 Å². The van der Waals surface area contributed by atoms with Crippen molar-refractivity contribution in [2.45, 2.75) is 18.9 Å². The molecule has 0 saturated carbocycles. The van der Waals surface area contributed by atoms with Crippen molar-refractivity contribution in [2.24, 2.45) is 0 Å². The van der Waals surface area contributed by atoms with Gasteiger partial charge in [-0.2, -0.15) is 0 Å². The quantitative estimate of drug-likeness (QED) is 0.865. The van der Waals surface area contributed by atoms with Crippen molar-refractivity contribution >= 4 is 0 Å². The fourth-order valence-electron chi connectivity index (χ4n) is 4.24. The molecule has 1 aliphatic carbocycles. The van der Waals surface area contributed by atoms with Crippen molar-refractivity contribution in [3.63, 3.8) is 0 Å². The second-order valence-electron chi connectivity index (χ2n) is 6.51. The average Bonchev–Trinajstić information content (AvgIpc) is 2.62. The highest BCUT2D eigenvalue weighted by atomic mass is 16.5. The van der Waals surface area contributed by atoms with E-state index in [0.717, 1.165) is 36.4 Å². The topological polar surface area (TPSA) is 30.9 Å². The molecule has 0 spiro atoms. The van der Waals surface area contributed by atoms with Crippen molar-refractivity contribution in [2.75, 3.05) is 34.9 Å². The minimum absolute atomic E-state index is 0.417. The summed E-state index contributed by atoms with van der Waals surface area (Å²) in [7, 11) is 7.25. The van der Waals surface area contributed by atoms with Gasteiger partial charge in [-0.3, -0.25) is 4.90 Å². The number of fused-ring (bicyclic) bond motifs is 2. The highest BCUT2D eigenvalue weighted by Gasteiger charge is 2.35. The van der Waals surface area contributed by atoms with E-state index in [1.165, 1.54) is 22.3 Å². The number of methoxy groups -OCH3 is 3. The molecule has 0 unspecified atom stereocenters. The summed E-state index contributed by atoms with van der Waals surface area (Å²) in [6, 6.07) is 9.14. The third-order valence-corrected chi connectivity index (χ3v) is 5.39. The molecule has 126 valence electrons. The van der Waals surface area contributed by atoms with Crippen molar-refractivity contribution in [3.8, 4) is 28.4 Å². The predicted octanol–water partition coefficient (Wildman–Crippen LogP) is 3.46. The monoisotopic (exact) mass is 325 g/mol. The molecule has 0 aromatic heterocycles. The number of likely N-dealkylation sites (N-methyl/N-ethyl adjacent to an activating group) is 1. The maximum absolute atomic E-state index is 5.77. The van der Waals surface area contributed by atoms with Gasteiger partial charge in [0, 0.05) is 18.2 Å². The first-order chi connectivity index (χ1) is 11.7. The first kappa shape index (κ1) is 15.3. The Kier molecular flexibility index (Phi) is 3.65. The predicted molar refractivity (Wildman–Crippen MR) is 94.3 cm³/mol. The Labute approximate surface area is 142 Å². The average molecular weight is 325 g/mol. The van der Waals surface area contributed by atoms with Crippen LogP contribution in [0.25, 0.3) is 11.1 Å². The van der Waals surface area contributed by atoms with E-state index in [0.29, 0.717) is 11.8 Å². The van der Waals surface area contributed by atoms with Crippen molar-refractivity contribution in [3.05, 3.63) is 41.0 Å². The van der Waals surface area contributed by atoms with Crippen LogP contribution in [0.3, 0.4) is 0 Å². The minimum atomic E-state index is 0.417. The molecule has 0 fully saturated rings. The Bertz CT molecular complexity index is 800. The molecule has 0 saturated heterocycles. The maximum Gasteiger partial charge on any atom is 0.203 e. The van der Waals surface area contributed by atoms with E-state index in [9.17, 15) is 0 Å². The van der Waals surface area contributed by atoms with Gasteiger partial charge < -0.3 is 14.2 Å². The van der Waals surface area contributed by atoms with Crippen LogP contribution in [-0.2, 0) is 12.8 Å². The van der Waals surface area contributed by atoms with Crippen molar-refractivity contribution in [1.82, 2.24) is 4.90 Å². The zero-order valence-electron chi connectivity index (χ0n) is 14.7. The van der Waals surface area contributed by atoms with Crippen LogP contribution in [0.15, 0.2) is 24.3 Å². The van der Waals surface area contributed by atoms with Crippen LogP contribution in [0.1, 0.15) is 22.7 Å². The number of benzene rings is 2. The summed E-state index contributed by atoms with van der Waals surface area (Å²) in [5.41, 5.74) is 6.58. The number of hydrogen-bond acceptors (Lipinski definition) is 4. The van der Waals surface area contributed by atoms with Crippen LogP contribution in [0.5, 0.6) is 17.2 Å². The maximum atomic E-state index is 5.77. The second-order valence-corrected chi connectivity index (χ2v) is 6.51. The van der Waals surface area contributed by atoms with Gasteiger partial charge in [-0.15, -0.1) is 0 Å². The van der Waals surface area contributed by atoms with Gasteiger partial charge in [0.15, 0.2) is 11.5 Å². The molecular formula is C20H23NO3. The van der Waals surface area contributed by atoms with Crippen molar-refractivity contribution < 1.29 is 14.2 Å². The Morgan fingerprint density at radius 2 is 1.79 bits per heavy atom. The highest BCUT2D eigenvalue weighted by molar-refractivity contribution is 5.84. The summed E-state index contributed by atoms with van der Waals surface area (Å²) >= 11 is 0. The number of hydrogen-bond donors (Lipinski definition) is 0. The van der Waals surface area contributed by atoms with Gasteiger partial charge in [0.25, 0.3) is 0 Å². The molecule has 1 heterocycles. The lowest BCUT2D eigenvalue weighted by Gasteiger charge is -2.40. The van der Waals surface area contributed by atoms with Crippen LogP contribution in [0.2, 0.25) is 0 Å². The smallest absolute Gasteiger partial charge is 0.203 e. The number of rotatable bonds is 3. The van der Waals surface area contributed by atoms with Crippen LogP contribution in [0, 0.1) is 0 Å². The fourth-order valence-corrected chi connectivity index (χ4v) is 4.24. The standard InChI is InChI=1S/C20H23NO3/c1-21-9-8-12-6-5-7-14-17(12)15(21)10-13-11-16(22-2)19(23-3)20(24-4)18(13)14/h5-7,11,15H,8-10H2,1-4H3/t15-/m1/s1. The lowest BCUT2D eigenvalue weighted by Crippen LogP contribution is -2.35. The van der Waals surface area contributed by atoms with E-state index >= 15 is 0 Å². The van der Waals surface area contributed by atoms with E-state index in [4.69, 9.17) is 14.2 Å². The molecule has 1 aliphatic heterocycles. The molecule has 4 nitrogen and oxygen atoms in total. The van der Waals surface area contributed by atoms with Crippen LogP contribution in [-0.4, -0.2) is 39.8 Å².